The Hall–Kier alpha value is -0.630. The van der Waals surface area contributed by atoms with Crippen molar-refractivity contribution in [2.75, 3.05) is 13.6 Å². The van der Waals surface area contributed by atoms with Crippen molar-refractivity contribution in [1.82, 2.24) is 0 Å². The minimum atomic E-state index is 0.708. The highest BCUT2D eigenvalue weighted by Crippen LogP contribution is 2.07. The van der Waals surface area contributed by atoms with Crippen LogP contribution in [0.2, 0.25) is 0 Å². The smallest absolute Gasteiger partial charge is 0.124 e. The van der Waals surface area contributed by atoms with Crippen molar-refractivity contribution in [3.8, 4) is 0 Å². The van der Waals surface area contributed by atoms with Crippen LogP contribution < -0.4 is 0 Å². The number of rotatable bonds is 1. The van der Waals surface area contributed by atoms with E-state index in [1.807, 2.05) is 12.3 Å². The maximum Gasteiger partial charge on any atom is 0.124 e. The van der Waals surface area contributed by atoms with E-state index in [2.05, 4.69) is 25.3 Å². The van der Waals surface area contributed by atoms with Crippen LogP contribution in [0.3, 0.4) is 0 Å². The number of allylic oxidation sites excluding steroid dienone is 1. The summed E-state index contributed by atoms with van der Waals surface area (Å²) >= 11 is 0. The number of quaternary nitrogens is 1. The minimum absolute atomic E-state index is 0.708. The molecule has 0 saturated heterocycles. The summed E-state index contributed by atoms with van der Waals surface area (Å²) < 4.78 is 0.708. The van der Waals surface area contributed by atoms with Gasteiger partial charge < -0.3 is 0 Å². The van der Waals surface area contributed by atoms with E-state index in [0.29, 0.717) is 4.59 Å². The van der Waals surface area contributed by atoms with Crippen molar-refractivity contribution < 1.29 is 4.59 Å². The van der Waals surface area contributed by atoms with E-state index in [-0.39, 0.29) is 0 Å². The Kier molecular flexibility index (Phi) is 1.18. The monoisotopic (exact) mass is 111 g/mol. The second kappa shape index (κ2) is 1.71. The van der Waals surface area contributed by atoms with E-state index in [1.54, 1.807) is 0 Å². The Morgan fingerprint density at radius 1 is 1.62 bits per heavy atom. The van der Waals surface area contributed by atoms with Crippen LogP contribution in [0.5, 0.6) is 0 Å². The van der Waals surface area contributed by atoms with Gasteiger partial charge in [0.2, 0.25) is 0 Å². The van der Waals surface area contributed by atoms with Crippen molar-refractivity contribution >= 4 is 6.21 Å². The molecule has 8 heavy (non-hydrogen) atoms. The summed E-state index contributed by atoms with van der Waals surface area (Å²) in [6.45, 7) is 3.15. The van der Waals surface area contributed by atoms with Gasteiger partial charge in [0, 0.05) is 6.08 Å². The van der Waals surface area contributed by atoms with Gasteiger partial charge in [0.05, 0.1) is 13.3 Å². The molecule has 0 radical (unpaired) electrons. The molecule has 0 amide bonds. The van der Waals surface area contributed by atoms with Crippen molar-refractivity contribution in [3.63, 3.8) is 0 Å². The third kappa shape index (κ3) is 0.793. The average Bonchev–Trinajstić information content (AvgIpc) is 2.17. The SMILES string of the molecule is CC[N+]1(C)C=CC=N1. The fourth-order valence-corrected chi connectivity index (χ4v) is 0.640. The summed E-state index contributed by atoms with van der Waals surface area (Å²) in [6.07, 6.45) is 5.88. The Labute approximate surface area is 49.7 Å². The Morgan fingerprint density at radius 2 is 2.38 bits per heavy atom. The maximum absolute atomic E-state index is 4.19. The highest BCUT2D eigenvalue weighted by Gasteiger charge is 2.15. The highest BCUT2D eigenvalue weighted by molar-refractivity contribution is 5.71. The normalized spacial score (nSPS) is 34.2. The van der Waals surface area contributed by atoms with Gasteiger partial charge in [-0.15, -0.1) is 0 Å². The van der Waals surface area contributed by atoms with Gasteiger partial charge in [0.1, 0.15) is 12.7 Å². The summed E-state index contributed by atoms with van der Waals surface area (Å²) in [7, 11) is 2.07. The zero-order chi connectivity index (χ0) is 6.04. The molecule has 1 aliphatic rings. The second-order valence-electron chi connectivity index (χ2n) is 2.14. The first kappa shape index (κ1) is 5.51. The average molecular weight is 111 g/mol. The van der Waals surface area contributed by atoms with Gasteiger partial charge in [-0.2, -0.15) is 4.59 Å². The van der Waals surface area contributed by atoms with E-state index in [9.17, 15) is 0 Å². The summed E-state index contributed by atoms with van der Waals surface area (Å²) in [5, 5.41) is 4.19. The molecule has 1 aliphatic heterocycles. The van der Waals surface area contributed by atoms with Crippen molar-refractivity contribution in [2.45, 2.75) is 6.92 Å². The standard InChI is InChI=1S/C6H11N2/c1-3-8(2)6-4-5-7-8/h4-6H,3H2,1-2H3/q+1. The molecule has 0 fully saturated rings. The van der Waals surface area contributed by atoms with E-state index < -0.39 is 0 Å². The Bertz CT molecular complexity index is 123. The quantitative estimate of drug-likeness (QED) is 0.447. The van der Waals surface area contributed by atoms with Crippen LogP contribution in [0.1, 0.15) is 6.92 Å². The number of nitrogens with zero attached hydrogens (tertiary/aromatic N) is 2. The number of hydrogen-bond acceptors (Lipinski definition) is 1. The van der Waals surface area contributed by atoms with E-state index in [1.165, 1.54) is 0 Å². The summed E-state index contributed by atoms with van der Waals surface area (Å²) in [4.78, 5) is 0. The third-order valence-corrected chi connectivity index (χ3v) is 1.46. The molecule has 1 heterocycles. The summed E-state index contributed by atoms with van der Waals surface area (Å²) in [5.41, 5.74) is 0. The van der Waals surface area contributed by atoms with Crippen LogP contribution in [-0.4, -0.2) is 24.4 Å². The van der Waals surface area contributed by atoms with E-state index in [4.69, 9.17) is 0 Å². The predicted molar refractivity (Wildman–Crippen MR) is 34.4 cm³/mol. The lowest BCUT2D eigenvalue weighted by atomic mass is 10.6. The van der Waals surface area contributed by atoms with Gasteiger partial charge in [-0.1, -0.05) is 5.10 Å². The molecule has 0 N–H and O–H groups in total. The van der Waals surface area contributed by atoms with Gasteiger partial charge in [-0.05, 0) is 6.92 Å². The molecule has 2 nitrogen and oxygen atoms in total. The van der Waals surface area contributed by atoms with Gasteiger partial charge >= 0.3 is 0 Å². The fourth-order valence-electron chi connectivity index (χ4n) is 0.640. The minimum Gasteiger partial charge on any atom is -0.175 e. The van der Waals surface area contributed by atoms with Crippen LogP contribution in [-0.2, 0) is 0 Å². The maximum atomic E-state index is 4.19. The lowest BCUT2D eigenvalue weighted by Crippen LogP contribution is -2.29. The molecule has 44 valence electrons. The molecule has 0 aromatic carbocycles. The van der Waals surface area contributed by atoms with Gasteiger partial charge in [-0.3, -0.25) is 0 Å². The Balaban J connectivity index is 2.69. The molecule has 0 saturated carbocycles. The lowest BCUT2D eigenvalue weighted by molar-refractivity contribution is -0.861. The van der Waals surface area contributed by atoms with Gasteiger partial charge in [0.25, 0.3) is 0 Å². The molecule has 1 unspecified atom stereocenters. The topological polar surface area (TPSA) is 12.4 Å². The van der Waals surface area contributed by atoms with Crippen molar-refractivity contribution in [3.05, 3.63) is 12.3 Å². The first-order valence-corrected chi connectivity index (χ1v) is 2.85. The molecule has 0 aromatic rings. The molecule has 0 spiro atoms. The van der Waals surface area contributed by atoms with Gasteiger partial charge in [0.15, 0.2) is 0 Å². The highest BCUT2D eigenvalue weighted by atomic mass is 15.6. The lowest BCUT2D eigenvalue weighted by Gasteiger charge is -2.16. The van der Waals surface area contributed by atoms with E-state index in [0.717, 1.165) is 6.54 Å². The zero-order valence-electron chi connectivity index (χ0n) is 5.33. The largest absolute Gasteiger partial charge is 0.175 e. The van der Waals surface area contributed by atoms with Crippen LogP contribution >= 0.6 is 0 Å². The van der Waals surface area contributed by atoms with Crippen molar-refractivity contribution in [2.24, 2.45) is 5.10 Å². The van der Waals surface area contributed by atoms with Crippen LogP contribution in [0.4, 0.5) is 0 Å². The van der Waals surface area contributed by atoms with Crippen LogP contribution in [0.15, 0.2) is 17.4 Å². The molecule has 0 bridgehead atoms. The molecule has 1 rings (SSSR count). The van der Waals surface area contributed by atoms with Gasteiger partial charge in [-0.25, -0.2) is 0 Å². The summed E-state index contributed by atoms with van der Waals surface area (Å²) in [5.74, 6) is 0. The van der Waals surface area contributed by atoms with Crippen LogP contribution in [0.25, 0.3) is 0 Å². The first-order valence-electron chi connectivity index (χ1n) is 2.85. The number of hydrogen-bond donors (Lipinski definition) is 0. The first-order chi connectivity index (χ1) is 3.77. The van der Waals surface area contributed by atoms with E-state index >= 15 is 0 Å². The van der Waals surface area contributed by atoms with Crippen molar-refractivity contribution in [1.29, 1.82) is 0 Å². The molecular weight excluding hydrogens is 100 g/mol. The molecular formula is C6H11N2+. The van der Waals surface area contributed by atoms with Crippen LogP contribution in [0, 0.1) is 0 Å². The summed E-state index contributed by atoms with van der Waals surface area (Å²) in [6, 6.07) is 0. The Morgan fingerprint density at radius 3 is 2.62 bits per heavy atom. The molecule has 0 aliphatic carbocycles. The molecule has 2 heteroatoms. The fraction of sp³-hybridized carbons (Fsp3) is 0.500. The molecule has 1 atom stereocenters. The predicted octanol–water partition coefficient (Wildman–Crippen LogP) is 0.966. The zero-order valence-corrected chi connectivity index (χ0v) is 5.33. The second-order valence-corrected chi connectivity index (χ2v) is 2.14. The third-order valence-electron chi connectivity index (χ3n) is 1.46. The molecule has 0 aromatic heterocycles.